The molecule has 3 aromatic rings. The summed E-state index contributed by atoms with van der Waals surface area (Å²) in [6, 6.07) is 10.8. The Morgan fingerprint density at radius 3 is 2.72 bits per heavy atom. The third kappa shape index (κ3) is 3.96. The summed E-state index contributed by atoms with van der Waals surface area (Å²) in [5.41, 5.74) is 0.912. The number of aromatic nitrogens is 3. The molecule has 1 amide bonds. The number of carbonyl (C=O) groups is 1. The summed E-state index contributed by atoms with van der Waals surface area (Å²) in [7, 11) is 1.51. The first kappa shape index (κ1) is 16.9. The molecule has 1 aromatic carbocycles. The quantitative estimate of drug-likeness (QED) is 0.727. The topological polar surface area (TPSA) is 51.0 Å². The van der Waals surface area contributed by atoms with Crippen LogP contribution in [0.5, 0.6) is 0 Å². The number of halogens is 3. The summed E-state index contributed by atoms with van der Waals surface area (Å²) >= 11 is 0. The van der Waals surface area contributed by atoms with Crippen molar-refractivity contribution in [2.75, 3.05) is 7.05 Å². The van der Waals surface area contributed by atoms with Crippen LogP contribution in [-0.2, 0) is 13.1 Å². The normalized spacial score (nSPS) is 11.7. The van der Waals surface area contributed by atoms with Gasteiger partial charge >= 0.3 is 6.18 Å². The molecule has 3 rings (SSSR count). The Morgan fingerprint density at radius 2 is 1.96 bits per heavy atom. The SMILES string of the molecule is CN(Cc1nccn1CC(F)(F)F)C(=O)c1ccc2ccccc2n1. The number of nitrogens with zero attached hydrogens (tertiary/aromatic N) is 4. The van der Waals surface area contributed by atoms with Crippen LogP contribution < -0.4 is 0 Å². The fraction of sp³-hybridized carbons (Fsp3) is 0.235. The predicted octanol–water partition coefficient (Wildman–Crippen LogP) is 3.27. The molecule has 0 aliphatic rings. The zero-order chi connectivity index (χ0) is 18.0. The van der Waals surface area contributed by atoms with Gasteiger partial charge in [0.05, 0.1) is 12.1 Å². The molecule has 8 heteroatoms. The van der Waals surface area contributed by atoms with Crippen molar-refractivity contribution in [3.05, 3.63) is 60.3 Å². The first-order valence-electron chi connectivity index (χ1n) is 7.51. The van der Waals surface area contributed by atoms with Crippen LogP contribution in [0.1, 0.15) is 16.3 Å². The van der Waals surface area contributed by atoms with Crippen molar-refractivity contribution >= 4 is 16.8 Å². The zero-order valence-corrected chi connectivity index (χ0v) is 13.4. The van der Waals surface area contributed by atoms with Crippen molar-refractivity contribution < 1.29 is 18.0 Å². The molecule has 5 nitrogen and oxygen atoms in total. The van der Waals surface area contributed by atoms with Crippen molar-refractivity contribution in [2.45, 2.75) is 19.3 Å². The lowest BCUT2D eigenvalue weighted by Crippen LogP contribution is -2.29. The minimum Gasteiger partial charge on any atom is -0.333 e. The van der Waals surface area contributed by atoms with Crippen LogP contribution in [0.3, 0.4) is 0 Å². The van der Waals surface area contributed by atoms with Crippen molar-refractivity contribution in [1.29, 1.82) is 0 Å². The van der Waals surface area contributed by atoms with Crippen LogP contribution in [0.4, 0.5) is 13.2 Å². The third-order valence-electron chi connectivity index (χ3n) is 3.69. The Kier molecular flexibility index (Phi) is 4.43. The van der Waals surface area contributed by atoms with E-state index >= 15 is 0 Å². The number of hydrogen-bond donors (Lipinski definition) is 0. The largest absolute Gasteiger partial charge is 0.406 e. The first-order valence-corrected chi connectivity index (χ1v) is 7.51. The molecule has 25 heavy (non-hydrogen) atoms. The standard InChI is InChI=1S/C17H15F3N4O/c1-23(10-15-21-8-9-24(15)11-17(18,19)20)16(25)14-7-6-12-4-2-3-5-13(12)22-14/h2-9H,10-11H2,1H3. The lowest BCUT2D eigenvalue weighted by Gasteiger charge is -2.18. The molecule has 0 bridgehead atoms. The molecule has 0 atom stereocenters. The highest BCUT2D eigenvalue weighted by molar-refractivity contribution is 5.94. The van der Waals surface area contributed by atoms with E-state index in [1.807, 2.05) is 18.2 Å². The maximum Gasteiger partial charge on any atom is 0.406 e. The number of para-hydroxylation sites is 1. The highest BCUT2D eigenvalue weighted by Crippen LogP contribution is 2.19. The fourth-order valence-electron chi connectivity index (χ4n) is 2.49. The van der Waals surface area contributed by atoms with Gasteiger partial charge < -0.3 is 9.47 Å². The summed E-state index contributed by atoms with van der Waals surface area (Å²) in [6.45, 7) is -1.19. The molecule has 130 valence electrons. The maximum absolute atomic E-state index is 12.6. The Bertz CT molecular complexity index is 904. The number of benzene rings is 1. The lowest BCUT2D eigenvalue weighted by molar-refractivity contribution is -0.141. The summed E-state index contributed by atoms with van der Waals surface area (Å²) in [6.07, 6.45) is -1.82. The zero-order valence-electron chi connectivity index (χ0n) is 13.4. The minimum atomic E-state index is -4.35. The van der Waals surface area contributed by atoms with Gasteiger partial charge in [-0.2, -0.15) is 13.2 Å². The number of alkyl halides is 3. The van der Waals surface area contributed by atoms with Gasteiger partial charge in [0.25, 0.3) is 5.91 Å². The van der Waals surface area contributed by atoms with Crippen molar-refractivity contribution in [2.24, 2.45) is 0 Å². The highest BCUT2D eigenvalue weighted by Gasteiger charge is 2.29. The number of pyridine rings is 1. The van der Waals surface area contributed by atoms with E-state index in [0.717, 1.165) is 9.95 Å². The van der Waals surface area contributed by atoms with Gasteiger partial charge in [0.2, 0.25) is 0 Å². The van der Waals surface area contributed by atoms with E-state index in [1.165, 1.54) is 24.3 Å². The molecule has 0 aliphatic heterocycles. The number of rotatable bonds is 4. The van der Waals surface area contributed by atoms with Gasteiger partial charge in [0.15, 0.2) is 0 Å². The van der Waals surface area contributed by atoms with E-state index in [1.54, 1.807) is 18.2 Å². The molecular weight excluding hydrogens is 333 g/mol. The van der Waals surface area contributed by atoms with Gasteiger partial charge in [-0.15, -0.1) is 0 Å². The lowest BCUT2D eigenvalue weighted by atomic mass is 10.2. The molecule has 0 aliphatic carbocycles. The Morgan fingerprint density at radius 1 is 1.20 bits per heavy atom. The number of carbonyl (C=O) groups excluding carboxylic acids is 1. The van der Waals surface area contributed by atoms with Gasteiger partial charge in [-0.1, -0.05) is 24.3 Å². The number of imidazole rings is 1. The van der Waals surface area contributed by atoms with Crippen LogP contribution in [0.15, 0.2) is 48.8 Å². The molecule has 0 fully saturated rings. The third-order valence-corrected chi connectivity index (χ3v) is 3.69. The van der Waals surface area contributed by atoms with Crippen molar-refractivity contribution in [3.63, 3.8) is 0 Å². The number of hydrogen-bond acceptors (Lipinski definition) is 3. The van der Waals surface area contributed by atoms with E-state index in [0.29, 0.717) is 5.52 Å². The number of fused-ring (bicyclic) bond motifs is 1. The minimum absolute atomic E-state index is 0.0452. The van der Waals surface area contributed by atoms with E-state index in [-0.39, 0.29) is 24.0 Å². The molecule has 0 saturated carbocycles. The van der Waals surface area contributed by atoms with Gasteiger partial charge in [-0.25, -0.2) is 9.97 Å². The van der Waals surface area contributed by atoms with Crippen LogP contribution in [0.25, 0.3) is 10.9 Å². The second-order valence-electron chi connectivity index (χ2n) is 5.64. The summed E-state index contributed by atoms with van der Waals surface area (Å²) in [4.78, 5) is 22.0. The Balaban J connectivity index is 1.77. The first-order chi connectivity index (χ1) is 11.8. The fourth-order valence-corrected chi connectivity index (χ4v) is 2.49. The molecule has 2 heterocycles. The van der Waals surface area contributed by atoms with Gasteiger partial charge in [0, 0.05) is 24.8 Å². The van der Waals surface area contributed by atoms with Crippen LogP contribution in [0, 0.1) is 0 Å². The average molecular weight is 348 g/mol. The highest BCUT2D eigenvalue weighted by atomic mass is 19.4. The molecule has 0 spiro atoms. The molecular formula is C17H15F3N4O. The smallest absolute Gasteiger partial charge is 0.333 e. The van der Waals surface area contributed by atoms with Crippen LogP contribution >= 0.6 is 0 Å². The molecule has 2 aromatic heterocycles. The van der Waals surface area contributed by atoms with Gasteiger partial charge in [0.1, 0.15) is 18.1 Å². The predicted molar refractivity (Wildman–Crippen MR) is 85.8 cm³/mol. The van der Waals surface area contributed by atoms with Crippen LogP contribution in [-0.4, -0.2) is 38.6 Å². The van der Waals surface area contributed by atoms with E-state index in [9.17, 15) is 18.0 Å². The molecule has 0 N–H and O–H groups in total. The average Bonchev–Trinajstić information content (AvgIpc) is 2.98. The summed E-state index contributed by atoms with van der Waals surface area (Å²) in [5, 5.41) is 0.905. The summed E-state index contributed by atoms with van der Waals surface area (Å²) in [5.74, 6) is -0.221. The Hall–Kier alpha value is -2.90. The summed E-state index contributed by atoms with van der Waals surface area (Å²) < 4.78 is 38.7. The maximum atomic E-state index is 12.6. The van der Waals surface area contributed by atoms with Crippen molar-refractivity contribution in [1.82, 2.24) is 19.4 Å². The van der Waals surface area contributed by atoms with E-state index in [4.69, 9.17) is 0 Å². The monoisotopic (exact) mass is 348 g/mol. The molecule has 0 unspecified atom stereocenters. The second-order valence-corrected chi connectivity index (χ2v) is 5.64. The van der Waals surface area contributed by atoms with E-state index < -0.39 is 12.7 Å². The second kappa shape index (κ2) is 6.54. The van der Waals surface area contributed by atoms with Crippen LogP contribution in [0.2, 0.25) is 0 Å². The van der Waals surface area contributed by atoms with Gasteiger partial charge in [-0.05, 0) is 12.1 Å². The van der Waals surface area contributed by atoms with E-state index in [2.05, 4.69) is 9.97 Å². The van der Waals surface area contributed by atoms with Gasteiger partial charge in [-0.3, -0.25) is 4.79 Å². The van der Waals surface area contributed by atoms with Crippen molar-refractivity contribution in [3.8, 4) is 0 Å². The number of amides is 1. The molecule has 0 saturated heterocycles. The molecule has 0 radical (unpaired) electrons. The Labute approximate surface area is 141 Å².